The van der Waals surface area contributed by atoms with E-state index in [1.54, 1.807) is 0 Å². The van der Waals surface area contributed by atoms with Gasteiger partial charge in [-0.25, -0.2) is 0 Å². The van der Waals surface area contributed by atoms with Crippen molar-refractivity contribution >= 4 is 17.5 Å². The number of benzene rings is 1. The van der Waals surface area contributed by atoms with E-state index in [9.17, 15) is 4.79 Å². The van der Waals surface area contributed by atoms with Crippen molar-refractivity contribution in [2.45, 2.75) is 52.5 Å². The fourth-order valence-corrected chi connectivity index (χ4v) is 2.67. The molecule has 0 saturated heterocycles. The van der Waals surface area contributed by atoms with Gasteiger partial charge in [-0.15, -0.1) is 11.6 Å². The van der Waals surface area contributed by atoms with Crippen LogP contribution in [0.2, 0.25) is 0 Å². The quantitative estimate of drug-likeness (QED) is 0.816. The van der Waals surface area contributed by atoms with Crippen LogP contribution >= 0.6 is 11.6 Å². The molecule has 0 aliphatic heterocycles. The van der Waals surface area contributed by atoms with Gasteiger partial charge in [0.1, 0.15) is 0 Å². The van der Waals surface area contributed by atoms with Crippen LogP contribution in [0, 0.1) is 5.41 Å². The van der Waals surface area contributed by atoms with E-state index in [0.717, 1.165) is 12.0 Å². The number of rotatable bonds is 4. The lowest BCUT2D eigenvalue weighted by Gasteiger charge is -2.33. The highest BCUT2D eigenvalue weighted by Crippen LogP contribution is 2.27. The highest BCUT2D eigenvalue weighted by molar-refractivity contribution is 6.17. The van der Waals surface area contributed by atoms with Gasteiger partial charge in [0.2, 0.25) is 0 Å². The van der Waals surface area contributed by atoms with Crippen LogP contribution < -0.4 is 5.32 Å². The molecular formula is C16H24ClNO. The Kier molecular flexibility index (Phi) is 5.03. The van der Waals surface area contributed by atoms with E-state index in [1.165, 1.54) is 0 Å². The normalized spacial score (nSPS) is 12.3. The van der Waals surface area contributed by atoms with E-state index in [4.69, 9.17) is 11.6 Å². The lowest BCUT2D eigenvalue weighted by molar-refractivity contribution is 0.0891. The number of halogens is 1. The second-order valence-electron chi connectivity index (χ2n) is 6.91. The molecule has 1 amide bonds. The maximum atomic E-state index is 12.2. The summed E-state index contributed by atoms with van der Waals surface area (Å²) < 4.78 is 0. The maximum absolute atomic E-state index is 12.2. The lowest BCUT2D eigenvalue weighted by atomic mass is 9.81. The van der Waals surface area contributed by atoms with Crippen LogP contribution in [0.25, 0.3) is 0 Å². The first-order chi connectivity index (χ1) is 8.63. The summed E-state index contributed by atoms with van der Waals surface area (Å²) in [6.45, 7) is 10.6. The minimum atomic E-state index is -0.222. The molecule has 1 aromatic rings. The van der Waals surface area contributed by atoms with Crippen molar-refractivity contribution in [3.05, 3.63) is 35.4 Å². The largest absolute Gasteiger partial charge is 0.347 e. The molecule has 0 aliphatic carbocycles. The first-order valence-corrected chi connectivity index (χ1v) is 7.14. The molecule has 0 fully saturated rings. The van der Waals surface area contributed by atoms with Crippen molar-refractivity contribution in [3.63, 3.8) is 0 Å². The monoisotopic (exact) mass is 281 g/mol. The Labute approximate surface area is 121 Å². The summed E-state index contributed by atoms with van der Waals surface area (Å²) in [5.41, 5.74) is 1.66. The average Bonchev–Trinajstić information content (AvgIpc) is 2.25. The van der Waals surface area contributed by atoms with Crippen LogP contribution in [0.4, 0.5) is 0 Å². The SMILES string of the molecule is CC(C)(C)CC(C)(C)NC(=O)c1ccc(CCl)cc1. The minimum Gasteiger partial charge on any atom is -0.347 e. The molecule has 0 aliphatic rings. The number of amides is 1. The number of nitrogens with one attached hydrogen (secondary N) is 1. The molecule has 3 heteroatoms. The molecule has 0 radical (unpaired) electrons. The fraction of sp³-hybridized carbons (Fsp3) is 0.562. The first kappa shape index (κ1) is 16.0. The second kappa shape index (κ2) is 5.96. The van der Waals surface area contributed by atoms with Gasteiger partial charge in [-0.05, 0) is 43.4 Å². The third-order valence-electron chi connectivity index (χ3n) is 2.79. The van der Waals surface area contributed by atoms with Gasteiger partial charge in [0, 0.05) is 17.0 Å². The van der Waals surface area contributed by atoms with Gasteiger partial charge in [0.25, 0.3) is 5.91 Å². The zero-order valence-electron chi connectivity index (χ0n) is 12.5. The van der Waals surface area contributed by atoms with Crippen LogP contribution in [-0.4, -0.2) is 11.4 Å². The van der Waals surface area contributed by atoms with Gasteiger partial charge >= 0.3 is 0 Å². The van der Waals surface area contributed by atoms with Crippen LogP contribution in [0.5, 0.6) is 0 Å². The molecule has 0 unspecified atom stereocenters. The van der Waals surface area contributed by atoms with Gasteiger partial charge in [0.15, 0.2) is 0 Å². The second-order valence-corrected chi connectivity index (χ2v) is 7.17. The standard InChI is InChI=1S/C16H24ClNO/c1-15(2,3)11-16(4,5)18-14(19)13-8-6-12(10-17)7-9-13/h6-9H,10-11H2,1-5H3,(H,18,19). The van der Waals surface area contributed by atoms with E-state index in [-0.39, 0.29) is 16.9 Å². The van der Waals surface area contributed by atoms with Crippen LogP contribution in [-0.2, 0) is 5.88 Å². The minimum absolute atomic E-state index is 0.0321. The Morgan fingerprint density at radius 2 is 1.63 bits per heavy atom. The summed E-state index contributed by atoms with van der Waals surface area (Å²) in [6, 6.07) is 7.41. The molecule has 0 heterocycles. The molecule has 106 valence electrons. The van der Waals surface area contributed by atoms with E-state index in [0.29, 0.717) is 11.4 Å². The summed E-state index contributed by atoms with van der Waals surface area (Å²) >= 11 is 5.74. The number of hydrogen-bond acceptors (Lipinski definition) is 1. The maximum Gasteiger partial charge on any atom is 0.251 e. The molecule has 2 nitrogen and oxygen atoms in total. The predicted molar refractivity (Wildman–Crippen MR) is 81.6 cm³/mol. The van der Waals surface area contributed by atoms with Gasteiger partial charge in [-0.2, -0.15) is 0 Å². The third-order valence-corrected chi connectivity index (χ3v) is 3.10. The number of carbonyl (C=O) groups is 1. The Hall–Kier alpha value is -1.02. The van der Waals surface area contributed by atoms with Gasteiger partial charge in [-0.1, -0.05) is 32.9 Å². The van der Waals surface area contributed by atoms with Crippen LogP contribution in [0.1, 0.15) is 57.0 Å². The predicted octanol–water partition coefficient (Wildman–Crippen LogP) is 4.37. The summed E-state index contributed by atoms with van der Waals surface area (Å²) in [5.74, 6) is 0.438. The van der Waals surface area contributed by atoms with E-state index in [2.05, 4.69) is 39.9 Å². The van der Waals surface area contributed by atoms with Crippen molar-refractivity contribution in [2.24, 2.45) is 5.41 Å². The topological polar surface area (TPSA) is 29.1 Å². The third kappa shape index (κ3) is 5.65. The molecule has 1 N–H and O–H groups in total. The molecule has 19 heavy (non-hydrogen) atoms. The summed E-state index contributed by atoms with van der Waals surface area (Å²) in [7, 11) is 0. The Bertz CT molecular complexity index is 429. The van der Waals surface area contributed by atoms with Crippen molar-refractivity contribution < 1.29 is 4.79 Å². The smallest absolute Gasteiger partial charge is 0.251 e. The van der Waals surface area contributed by atoms with Gasteiger partial charge < -0.3 is 5.32 Å². The molecule has 1 aromatic carbocycles. The molecule has 0 spiro atoms. The zero-order chi connectivity index (χ0) is 14.7. The Balaban J connectivity index is 2.72. The van der Waals surface area contributed by atoms with Crippen molar-refractivity contribution in [1.29, 1.82) is 0 Å². The van der Waals surface area contributed by atoms with Crippen molar-refractivity contribution in [2.75, 3.05) is 0 Å². The van der Waals surface area contributed by atoms with Crippen LogP contribution in [0.3, 0.4) is 0 Å². The number of alkyl halides is 1. The van der Waals surface area contributed by atoms with Crippen molar-refractivity contribution in [3.8, 4) is 0 Å². The zero-order valence-corrected chi connectivity index (χ0v) is 13.3. The average molecular weight is 282 g/mol. The molecule has 0 saturated carbocycles. The van der Waals surface area contributed by atoms with Crippen LogP contribution in [0.15, 0.2) is 24.3 Å². The van der Waals surface area contributed by atoms with E-state index < -0.39 is 0 Å². The number of hydrogen-bond donors (Lipinski definition) is 1. The highest BCUT2D eigenvalue weighted by atomic mass is 35.5. The molecule has 0 aromatic heterocycles. The Morgan fingerprint density at radius 1 is 1.11 bits per heavy atom. The lowest BCUT2D eigenvalue weighted by Crippen LogP contribution is -2.45. The number of carbonyl (C=O) groups excluding carboxylic acids is 1. The first-order valence-electron chi connectivity index (χ1n) is 6.60. The van der Waals surface area contributed by atoms with Gasteiger partial charge in [-0.3, -0.25) is 4.79 Å². The summed E-state index contributed by atoms with van der Waals surface area (Å²) in [5, 5.41) is 3.09. The van der Waals surface area contributed by atoms with Crippen molar-refractivity contribution in [1.82, 2.24) is 5.32 Å². The molecular weight excluding hydrogens is 258 g/mol. The Morgan fingerprint density at radius 3 is 2.05 bits per heavy atom. The molecule has 0 bridgehead atoms. The fourth-order valence-electron chi connectivity index (χ4n) is 2.49. The molecule has 0 atom stereocenters. The van der Waals surface area contributed by atoms with E-state index in [1.807, 2.05) is 24.3 Å². The summed E-state index contributed by atoms with van der Waals surface area (Å²) in [6.07, 6.45) is 0.922. The van der Waals surface area contributed by atoms with E-state index >= 15 is 0 Å². The summed E-state index contributed by atoms with van der Waals surface area (Å²) in [4.78, 5) is 12.2. The van der Waals surface area contributed by atoms with Gasteiger partial charge in [0.05, 0.1) is 0 Å². The molecule has 1 rings (SSSR count). The highest BCUT2D eigenvalue weighted by Gasteiger charge is 2.27.